The number of nitrogens with zero attached hydrogens (tertiary/aromatic N) is 5. The third kappa shape index (κ3) is 3.61. The van der Waals surface area contributed by atoms with Crippen molar-refractivity contribution in [3.8, 4) is 0 Å². The highest BCUT2D eigenvalue weighted by molar-refractivity contribution is 6.42. The van der Waals surface area contributed by atoms with Gasteiger partial charge >= 0.3 is 5.91 Å². The van der Waals surface area contributed by atoms with E-state index in [4.69, 9.17) is 23.2 Å². The molecule has 2 aliphatic heterocycles. The van der Waals surface area contributed by atoms with Crippen LogP contribution in [0, 0.1) is 0 Å². The summed E-state index contributed by atoms with van der Waals surface area (Å²) in [5.41, 5.74) is 4.53. The number of fused-ring (bicyclic) bond motifs is 3. The van der Waals surface area contributed by atoms with Gasteiger partial charge in [-0.2, -0.15) is 9.67 Å². The van der Waals surface area contributed by atoms with Crippen molar-refractivity contribution in [2.75, 3.05) is 6.54 Å². The minimum Gasteiger partial charge on any atom is -0.331 e. The van der Waals surface area contributed by atoms with Crippen molar-refractivity contribution in [2.24, 2.45) is 0 Å². The number of carbonyl (C=O) groups is 2. The minimum absolute atomic E-state index is 0.0738. The third-order valence-electron chi connectivity index (χ3n) is 5.91. The molecule has 0 radical (unpaired) electrons. The van der Waals surface area contributed by atoms with E-state index in [9.17, 15) is 9.59 Å². The summed E-state index contributed by atoms with van der Waals surface area (Å²) >= 11 is 12.1. The molecule has 0 saturated carbocycles. The van der Waals surface area contributed by atoms with Crippen LogP contribution in [0.25, 0.3) is 0 Å². The molecule has 0 fully saturated rings. The maximum Gasteiger partial charge on any atom is 0.419 e. The van der Waals surface area contributed by atoms with Gasteiger partial charge in [-0.05, 0) is 29.8 Å². The lowest BCUT2D eigenvalue weighted by Crippen LogP contribution is -2.41. The van der Waals surface area contributed by atoms with Crippen LogP contribution in [0.2, 0.25) is 10.0 Å². The van der Waals surface area contributed by atoms with Gasteiger partial charge in [-0.3, -0.25) is 14.5 Å². The Balaban J connectivity index is 1.45. The van der Waals surface area contributed by atoms with Crippen LogP contribution < -0.4 is 0 Å². The predicted molar refractivity (Wildman–Crippen MR) is 120 cm³/mol. The Labute approximate surface area is 194 Å². The first-order valence-electron chi connectivity index (χ1n) is 10.3. The molecular formula is C23H20Cl2N5O2+. The summed E-state index contributed by atoms with van der Waals surface area (Å²) in [5, 5.41) is 5.41. The van der Waals surface area contributed by atoms with Gasteiger partial charge in [-0.1, -0.05) is 29.3 Å². The molecule has 2 aromatic heterocycles. The minimum atomic E-state index is -0.179. The fourth-order valence-corrected chi connectivity index (χ4v) is 4.55. The maximum atomic E-state index is 13.4. The molecule has 0 unspecified atom stereocenters. The molecular weight excluding hydrogens is 449 g/mol. The summed E-state index contributed by atoms with van der Waals surface area (Å²) in [4.78, 5) is 32.5. The number of pyridine rings is 1. The molecule has 2 amide bonds. The van der Waals surface area contributed by atoms with Crippen LogP contribution in [0.1, 0.15) is 44.6 Å². The molecule has 0 aliphatic carbocycles. The first-order chi connectivity index (χ1) is 15.4. The van der Waals surface area contributed by atoms with Gasteiger partial charge in [0.25, 0.3) is 5.91 Å². The molecule has 0 saturated heterocycles. The second kappa shape index (κ2) is 8.15. The van der Waals surface area contributed by atoms with Gasteiger partial charge in [0.05, 0.1) is 39.8 Å². The zero-order chi connectivity index (χ0) is 22.4. The normalized spacial score (nSPS) is 15.6. The van der Waals surface area contributed by atoms with Crippen LogP contribution in [0.3, 0.4) is 0 Å². The predicted octanol–water partition coefficient (Wildman–Crippen LogP) is 3.61. The molecule has 0 N–H and O–H groups in total. The van der Waals surface area contributed by atoms with Crippen LogP contribution >= 0.6 is 23.2 Å². The topological polar surface area (TPSA) is 71.1 Å². The second-order valence-corrected chi connectivity index (χ2v) is 8.83. The average molecular weight is 469 g/mol. The van der Waals surface area contributed by atoms with Gasteiger partial charge < -0.3 is 4.90 Å². The summed E-state index contributed by atoms with van der Waals surface area (Å²) in [7, 11) is 0. The van der Waals surface area contributed by atoms with Crippen LogP contribution in [0.15, 0.2) is 42.7 Å². The molecule has 162 valence electrons. The lowest BCUT2D eigenvalue weighted by Gasteiger charge is -2.28. The Morgan fingerprint density at radius 3 is 2.78 bits per heavy atom. The van der Waals surface area contributed by atoms with E-state index in [1.165, 1.54) is 0 Å². The fourth-order valence-electron chi connectivity index (χ4n) is 4.25. The smallest absolute Gasteiger partial charge is 0.331 e. The highest BCUT2D eigenvalue weighted by Crippen LogP contribution is 2.27. The standard InChI is InChI=1S/C23H20Cl2N5O2/c1-14-9-20-17(13-29(14)22(31)16-4-5-18(24)19(25)10-16)21-23(32)28(7-8-30(21)27-20)12-15-3-2-6-26-11-15/h2-6,10-11H,7-9,12-13H2,1H3/q+1. The number of carbonyl (C=O) groups excluding carboxylic acids is 2. The Hall–Kier alpha value is -3.03. The van der Waals surface area contributed by atoms with E-state index < -0.39 is 0 Å². The van der Waals surface area contributed by atoms with Crippen molar-refractivity contribution < 1.29 is 14.2 Å². The van der Waals surface area contributed by atoms with Crippen LogP contribution in [0.4, 0.5) is 0 Å². The molecule has 4 heterocycles. The number of amides is 2. The number of aromatic nitrogens is 3. The highest BCUT2D eigenvalue weighted by atomic mass is 35.5. The Morgan fingerprint density at radius 1 is 1.19 bits per heavy atom. The average Bonchev–Trinajstić information content (AvgIpc) is 3.15. The lowest BCUT2D eigenvalue weighted by atomic mass is 10.0. The summed E-state index contributed by atoms with van der Waals surface area (Å²) in [6, 6.07) is 8.67. The molecule has 0 atom stereocenters. The van der Waals surface area contributed by atoms with E-state index in [0.717, 1.165) is 22.5 Å². The first-order valence-corrected chi connectivity index (χ1v) is 11.0. The first kappa shape index (κ1) is 20.8. The number of benzene rings is 1. The van der Waals surface area contributed by atoms with Gasteiger partial charge in [0.15, 0.2) is 12.3 Å². The number of hydrogen-bond donors (Lipinski definition) is 0. The van der Waals surface area contributed by atoms with Crippen molar-refractivity contribution in [3.05, 3.63) is 80.8 Å². The van der Waals surface area contributed by atoms with Gasteiger partial charge in [0, 0.05) is 32.4 Å². The molecule has 0 spiro atoms. The summed E-state index contributed by atoms with van der Waals surface area (Å²) in [6.45, 7) is 3.89. The van der Waals surface area contributed by atoms with Gasteiger partial charge in [0.2, 0.25) is 0 Å². The van der Waals surface area contributed by atoms with Crippen LogP contribution in [-0.4, -0.2) is 48.3 Å². The van der Waals surface area contributed by atoms with Crippen molar-refractivity contribution in [1.29, 1.82) is 0 Å². The number of rotatable bonds is 3. The molecule has 2 aliphatic rings. The zero-order valence-electron chi connectivity index (χ0n) is 17.4. The molecule has 9 heteroatoms. The largest absolute Gasteiger partial charge is 0.419 e. The zero-order valence-corrected chi connectivity index (χ0v) is 18.9. The quantitative estimate of drug-likeness (QED) is 0.550. The SMILES string of the molecule is CC1=[N+](C(=O)c2ccc(Cl)c(Cl)c2)Cc2c(nn3c2C(=O)N(Cc2cccnc2)CC3)C1. The summed E-state index contributed by atoms with van der Waals surface area (Å²) in [6.07, 6.45) is 3.99. The monoisotopic (exact) mass is 468 g/mol. The van der Waals surface area contributed by atoms with Crippen molar-refractivity contribution >= 4 is 40.7 Å². The molecule has 0 bridgehead atoms. The Bertz CT molecular complexity index is 1280. The van der Waals surface area contributed by atoms with E-state index in [2.05, 4.69) is 10.1 Å². The van der Waals surface area contributed by atoms with Crippen molar-refractivity contribution in [1.82, 2.24) is 19.7 Å². The van der Waals surface area contributed by atoms with E-state index in [-0.39, 0.29) is 11.8 Å². The number of hydrogen-bond acceptors (Lipinski definition) is 4. The highest BCUT2D eigenvalue weighted by Gasteiger charge is 2.38. The molecule has 1 aromatic carbocycles. The van der Waals surface area contributed by atoms with Gasteiger partial charge in [-0.25, -0.2) is 4.79 Å². The second-order valence-electron chi connectivity index (χ2n) is 8.02. The molecule has 3 aromatic rings. The van der Waals surface area contributed by atoms with Crippen LogP contribution in [0.5, 0.6) is 0 Å². The third-order valence-corrected chi connectivity index (χ3v) is 6.65. The summed E-state index contributed by atoms with van der Waals surface area (Å²) in [5.74, 6) is -0.252. The van der Waals surface area contributed by atoms with Crippen LogP contribution in [-0.2, 0) is 26.1 Å². The number of halogens is 2. The van der Waals surface area contributed by atoms with Crippen molar-refractivity contribution in [2.45, 2.75) is 33.0 Å². The van der Waals surface area contributed by atoms with E-state index in [0.29, 0.717) is 53.9 Å². The van der Waals surface area contributed by atoms with E-state index in [1.54, 1.807) is 39.9 Å². The van der Waals surface area contributed by atoms with Gasteiger partial charge in [0.1, 0.15) is 5.69 Å². The molecule has 32 heavy (non-hydrogen) atoms. The van der Waals surface area contributed by atoms with Gasteiger partial charge in [-0.15, -0.1) is 0 Å². The Morgan fingerprint density at radius 2 is 2.03 bits per heavy atom. The molecule has 7 nitrogen and oxygen atoms in total. The Kier molecular flexibility index (Phi) is 5.31. The maximum absolute atomic E-state index is 13.4. The summed E-state index contributed by atoms with van der Waals surface area (Å²) < 4.78 is 3.48. The fraction of sp³-hybridized carbons (Fsp3) is 0.261. The van der Waals surface area contributed by atoms with E-state index in [1.807, 2.05) is 24.0 Å². The molecule has 5 rings (SSSR count). The van der Waals surface area contributed by atoms with E-state index >= 15 is 0 Å². The lowest BCUT2D eigenvalue weighted by molar-refractivity contribution is -0.449. The van der Waals surface area contributed by atoms with Crippen molar-refractivity contribution in [3.63, 3.8) is 0 Å².